The maximum absolute atomic E-state index is 10.8. The van der Waals surface area contributed by atoms with Gasteiger partial charge in [-0.1, -0.05) is 13.0 Å². The van der Waals surface area contributed by atoms with Gasteiger partial charge in [0.15, 0.2) is 0 Å². The van der Waals surface area contributed by atoms with Crippen molar-refractivity contribution in [3.8, 4) is 0 Å². The minimum absolute atomic E-state index is 0.439. The number of primary amides is 1. The third-order valence-corrected chi connectivity index (χ3v) is 2.82. The summed E-state index contributed by atoms with van der Waals surface area (Å²) in [6, 6.07) is 5.20. The van der Waals surface area contributed by atoms with E-state index < -0.39 is 5.91 Å². The highest BCUT2D eigenvalue weighted by molar-refractivity contribution is 7.98. The molecular formula is C10H14N2OS. The molecule has 1 aromatic rings. The standard InChI is InChI=1S/C10H14N2OS/c1-2-14-6-8-4-3-7(10(12)13)5-9(8)11/h3-5H,2,6,11H2,1H3,(H2,12,13). The van der Waals surface area contributed by atoms with E-state index in [1.54, 1.807) is 23.9 Å². The molecule has 0 saturated heterocycles. The molecule has 0 radical (unpaired) electrons. The minimum Gasteiger partial charge on any atom is -0.398 e. The van der Waals surface area contributed by atoms with Gasteiger partial charge < -0.3 is 11.5 Å². The second-order valence-corrected chi connectivity index (χ2v) is 4.19. The largest absolute Gasteiger partial charge is 0.398 e. The average Bonchev–Trinajstić information content (AvgIpc) is 2.15. The highest BCUT2D eigenvalue weighted by Crippen LogP contribution is 2.19. The number of hydrogen-bond acceptors (Lipinski definition) is 3. The Kier molecular flexibility index (Phi) is 3.83. The molecule has 0 fully saturated rings. The molecule has 4 N–H and O–H groups in total. The third kappa shape index (κ3) is 2.67. The second kappa shape index (κ2) is 4.91. The number of nitrogens with two attached hydrogens (primary N) is 2. The molecule has 3 nitrogen and oxygen atoms in total. The number of benzene rings is 1. The summed E-state index contributed by atoms with van der Waals surface area (Å²) in [7, 11) is 0. The minimum atomic E-state index is -0.439. The van der Waals surface area contributed by atoms with Crippen molar-refractivity contribution in [2.24, 2.45) is 5.73 Å². The lowest BCUT2D eigenvalue weighted by molar-refractivity contribution is 0.100. The first-order valence-corrected chi connectivity index (χ1v) is 5.56. The predicted molar refractivity (Wildman–Crippen MR) is 61.2 cm³/mol. The topological polar surface area (TPSA) is 69.1 Å². The lowest BCUT2D eigenvalue weighted by Crippen LogP contribution is -2.11. The predicted octanol–water partition coefficient (Wildman–Crippen LogP) is 1.62. The van der Waals surface area contributed by atoms with Gasteiger partial charge in [0, 0.05) is 17.0 Å². The van der Waals surface area contributed by atoms with Crippen molar-refractivity contribution < 1.29 is 4.79 Å². The van der Waals surface area contributed by atoms with Crippen LogP contribution >= 0.6 is 11.8 Å². The summed E-state index contributed by atoms with van der Waals surface area (Å²) in [6.07, 6.45) is 0. The molecule has 14 heavy (non-hydrogen) atoms. The van der Waals surface area contributed by atoms with Crippen LogP contribution in [0.5, 0.6) is 0 Å². The first-order chi connectivity index (χ1) is 6.65. The van der Waals surface area contributed by atoms with Crippen molar-refractivity contribution in [2.45, 2.75) is 12.7 Å². The van der Waals surface area contributed by atoms with Crippen molar-refractivity contribution in [1.82, 2.24) is 0 Å². The number of anilines is 1. The van der Waals surface area contributed by atoms with E-state index >= 15 is 0 Å². The normalized spacial score (nSPS) is 10.1. The molecule has 0 unspecified atom stereocenters. The second-order valence-electron chi connectivity index (χ2n) is 2.91. The Balaban J connectivity index is 2.84. The highest BCUT2D eigenvalue weighted by atomic mass is 32.2. The lowest BCUT2D eigenvalue weighted by atomic mass is 10.1. The molecule has 0 aliphatic rings. The number of amides is 1. The van der Waals surface area contributed by atoms with Gasteiger partial charge in [-0.05, 0) is 23.4 Å². The Bertz CT molecular complexity index is 339. The SMILES string of the molecule is CCSCc1ccc(C(N)=O)cc1N. The van der Waals surface area contributed by atoms with Crippen LogP contribution in [0, 0.1) is 0 Å². The quantitative estimate of drug-likeness (QED) is 0.742. The molecular weight excluding hydrogens is 196 g/mol. The Morgan fingerprint density at radius 2 is 2.21 bits per heavy atom. The fourth-order valence-corrected chi connectivity index (χ4v) is 1.78. The van der Waals surface area contributed by atoms with Crippen LogP contribution in [0.25, 0.3) is 0 Å². The number of nitrogen functional groups attached to an aromatic ring is 1. The zero-order chi connectivity index (χ0) is 10.6. The van der Waals surface area contributed by atoms with E-state index in [-0.39, 0.29) is 0 Å². The Morgan fingerprint density at radius 3 is 2.71 bits per heavy atom. The van der Waals surface area contributed by atoms with Gasteiger partial charge in [-0.2, -0.15) is 11.8 Å². The van der Waals surface area contributed by atoms with E-state index in [4.69, 9.17) is 11.5 Å². The van der Waals surface area contributed by atoms with Crippen molar-refractivity contribution in [2.75, 3.05) is 11.5 Å². The lowest BCUT2D eigenvalue weighted by Gasteiger charge is -2.05. The van der Waals surface area contributed by atoms with Crippen molar-refractivity contribution in [3.63, 3.8) is 0 Å². The first-order valence-electron chi connectivity index (χ1n) is 4.41. The molecule has 0 aliphatic heterocycles. The van der Waals surface area contributed by atoms with E-state index in [1.165, 1.54) is 0 Å². The molecule has 0 atom stereocenters. The Labute approximate surface area is 87.9 Å². The highest BCUT2D eigenvalue weighted by Gasteiger charge is 2.04. The van der Waals surface area contributed by atoms with Gasteiger partial charge >= 0.3 is 0 Å². The fraction of sp³-hybridized carbons (Fsp3) is 0.300. The molecule has 1 amide bonds. The van der Waals surface area contributed by atoms with E-state index in [0.29, 0.717) is 11.3 Å². The molecule has 76 valence electrons. The van der Waals surface area contributed by atoms with Crippen LogP contribution in [0.15, 0.2) is 18.2 Å². The van der Waals surface area contributed by atoms with Crippen molar-refractivity contribution in [3.05, 3.63) is 29.3 Å². The number of carbonyl (C=O) groups is 1. The van der Waals surface area contributed by atoms with Gasteiger partial charge in [-0.3, -0.25) is 4.79 Å². The van der Waals surface area contributed by atoms with Gasteiger partial charge in [0.05, 0.1) is 0 Å². The summed E-state index contributed by atoms with van der Waals surface area (Å²) >= 11 is 1.79. The Morgan fingerprint density at radius 1 is 1.50 bits per heavy atom. The Hall–Kier alpha value is -1.16. The monoisotopic (exact) mass is 210 g/mol. The molecule has 0 aliphatic carbocycles. The first kappa shape index (κ1) is 10.9. The molecule has 0 bridgehead atoms. The molecule has 0 saturated carbocycles. The van der Waals surface area contributed by atoms with Gasteiger partial charge in [0.2, 0.25) is 5.91 Å². The average molecular weight is 210 g/mol. The van der Waals surface area contributed by atoms with Crippen LogP contribution < -0.4 is 11.5 Å². The van der Waals surface area contributed by atoms with Crippen LogP contribution in [0.3, 0.4) is 0 Å². The molecule has 0 heterocycles. The zero-order valence-electron chi connectivity index (χ0n) is 8.12. The molecule has 1 aromatic carbocycles. The smallest absolute Gasteiger partial charge is 0.248 e. The van der Waals surface area contributed by atoms with E-state index in [1.807, 2.05) is 6.07 Å². The van der Waals surface area contributed by atoms with Gasteiger partial charge in [-0.15, -0.1) is 0 Å². The van der Waals surface area contributed by atoms with Crippen LogP contribution in [-0.2, 0) is 5.75 Å². The maximum atomic E-state index is 10.8. The summed E-state index contributed by atoms with van der Waals surface area (Å²) in [5, 5.41) is 0. The molecule has 1 rings (SSSR count). The van der Waals surface area contributed by atoms with Gasteiger partial charge in [0.1, 0.15) is 0 Å². The van der Waals surface area contributed by atoms with Crippen molar-refractivity contribution in [1.29, 1.82) is 0 Å². The maximum Gasteiger partial charge on any atom is 0.248 e. The molecule has 4 heteroatoms. The van der Waals surface area contributed by atoms with Crippen LogP contribution in [-0.4, -0.2) is 11.7 Å². The van der Waals surface area contributed by atoms with E-state index in [9.17, 15) is 4.79 Å². The van der Waals surface area contributed by atoms with Crippen molar-refractivity contribution >= 4 is 23.4 Å². The van der Waals surface area contributed by atoms with Gasteiger partial charge in [-0.25, -0.2) is 0 Å². The summed E-state index contributed by atoms with van der Waals surface area (Å²) in [5.74, 6) is 1.49. The number of carbonyl (C=O) groups excluding carboxylic acids is 1. The van der Waals surface area contributed by atoms with Gasteiger partial charge in [0.25, 0.3) is 0 Å². The zero-order valence-corrected chi connectivity index (χ0v) is 8.93. The molecule has 0 spiro atoms. The fourth-order valence-electron chi connectivity index (χ4n) is 1.09. The summed E-state index contributed by atoms with van der Waals surface area (Å²) in [6.45, 7) is 2.10. The van der Waals surface area contributed by atoms with Crippen LogP contribution in [0.4, 0.5) is 5.69 Å². The van der Waals surface area contributed by atoms with Crippen LogP contribution in [0.1, 0.15) is 22.8 Å². The van der Waals surface area contributed by atoms with Crippen LogP contribution in [0.2, 0.25) is 0 Å². The summed E-state index contributed by atoms with van der Waals surface area (Å²) in [4.78, 5) is 10.8. The third-order valence-electron chi connectivity index (χ3n) is 1.89. The number of hydrogen-bond donors (Lipinski definition) is 2. The summed E-state index contributed by atoms with van der Waals surface area (Å²) in [5.41, 5.74) is 13.1. The summed E-state index contributed by atoms with van der Waals surface area (Å²) < 4.78 is 0. The van der Waals surface area contributed by atoms with E-state index in [2.05, 4.69) is 6.92 Å². The number of thioether (sulfide) groups is 1. The van der Waals surface area contributed by atoms with E-state index in [0.717, 1.165) is 17.1 Å². The molecule has 0 aromatic heterocycles. The number of rotatable bonds is 4.